The highest BCUT2D eigenvalue weighted by atomic mass is 79.9. The van der Waals surface area contributed by atoms with Crippen molar-refractivity contribution in [2.75, 3.05) is 20.7 Å². The highest BCUT2D eigenvalue weighted by Crippen LogP contribution is 2.23. The lowest BCUT2D eigenvalue weighted by molar-refractivity contribution is -0.121. The number of amides is 1. The van der Waals surface area contributed by atoms with Crippen LogP contribution in [0.5, 0.6) is 5.75 Å². The van der Waals surface area contributed by atoms with Crippen molar-refractivity contribution in [1.82, 2.24) is 9.62 Å². The number of nitrogens with one attached hydrogen (secondary N) is 1. The molecule has 2 aromatic carbocycles. The average Bonchev–Trinajstić information content (AvgIpc) is 2.65. The van der Waals surface area contributed by atoms with Gasteiger partial charge in [0, 0.05) is 27.1 Å². The zero-order chi connectivity index (χ0) is 19.9. The Kier molecular flexibility index (Phi) is 7.82. The molecule has 0 aliphatic rings. The first-order valence-corrected chi connectivity index (χ1v) is 10.7. The first-order chi connectivity index (χ1) is 12.8. The molecule has 146 valence electrons. The highest BCUT2D eigenvalue weighted by molar-refractivity contribution is 9.10. The van der Waals surface area contributed by atoms with E-state index in [1.807, 2.05) is 24.3 Å². The van der Waals surface area contributed by atoms with Crippen LogP contribution in [-0.4, -0.2) is 39.3 Å². The first-order valence-electron chi connectivity index (χ1n) is 8.46. The lowest BCUT2D eigenvalue weighted by atomic mass is 10.2. The summed E-state index contributed by atoms with van der Waals surface area (Å²) in [5, 5.41) is 2.83. The Hall–Kier alpha value is -1.90. The topological polar surface area (TPSA) is 75.7 Å². The number of benzene rings is 2. The lowest BCUT2D eigenvalue weighted by Gasteiger charge is -2.12. The van der Waals surface area contributed by atoms with Crippen LogP contribution in [0.1, 0.15) is 18.4 Å². The third kappa shape index (κ3) is 6.34. The molecule has 0 aliphatic heterocycles. The number of halogens is 1. The molecular formula is C19H23BrN2O4S. The molecule has 27 heavy (non-hydrogen) atoms. The van der Waals surface area contributed by atoms with Crippen molar-refractivity contribution in [3.63, 3.8) is 0 Å². The van der Waals surface area contributed by atoms with Gasteiger partial charge in [0.15, 0.2) is 0 Å². The zero-order valence-electron chi connectivity index (χ0n) is 15.3. The molecule has 2 rings (SSSR count). The van der Waals surface area contributed by atoms with Crippen molar-refractivity contribution in [3.05, 3.63) is 58.6 Å². The molecular weight excluding hydrogens is 432 g/mol. The number of nitrogens with zero attached hydrogens (tertiary/aromatic N) is 1. The first kappa shape index (κ1) is 21.4. The van der Waals surface area contributed by atoms with Gasteiger partial charge in [-0.05, 0) is 52.2 Å². The quantitative estimate of drug-likeness (QED) is 0.590. The average molecular weight is 455 g/mol. The minimum atomic E-state index is -3.44. The van der Waals surface area contributed by atoms with Crippen LogP contribution in [-0.2, 0) is 21.4 Å². The summed E-state index contributed by atoms with van der Waals surface area (Å²) in [6.45, 7) is 0.805. The summed E-state index contributed by atoms with van der Waals surface area (Å²) in [5.74, 6) is 0.682. The SMILES string of the molecule is CN(C)S(=O)(=O)c1ccc(CNC(=O)CCCOc2ccccc2Br)cc1. The van der Waals surface area contributed by atoms with E-state index in [2.05, 4.69) is 21.2 Å². The van der Waals surface area contributed by atoms with Gasteiger partial charge in [0.1, 0.15) is 5.75 Å². The molecule has 0 spiro atoms. The van der Waals surface area contributed by atoms with Crippen LogP contribution in [0.15, 0.2) is 57.9 Å². The summed E-state index contributed by atoms with van der Waals surface area (Å²) in [5.41, 5.74) is 0.838. The summed E-state index contributed by atoms with van der Waals surface area (Å²) in [4.78, 5) is 12.2. The highest BCUT2D eigenvalue weighted by Gasteiger charge is 2.16. The van der Waals surface area contributed by atoms with Gasteiger partial charge in [-0.15, -0.1) is 0 Å². The van der Waals surface area contributed by atoms with Crippen LogP contribution in [0.25, 0.3) is 0 Å². The van der Waals surface area contributed by atoms with Gasteiger partial charge in [0.2, 0.25) is 15.9 Å². The monoisotopic (exact) mass is 454 g/mol. The summed E-state index contributed by atoms with van der Waals surface area (Å²) < 4.78 is 31.7. The Balaban J connectivity index is 1.73. The number of hydrogen-bond acceptors (Lipinski definition) is 4. The van der Waals surface area contributed by atoms with Gasteiger partial charge < -0.3 is 10.1 Å². The van der Waals surface area contributed by atoms with E-state index in [1.54, 1.807) is 24.3 Å². The zero-order valence-corrected chi connectivity index (χ0v) is 17.7. The Morgan fingerprint density at radius 2 is 1.78 bits per heavy atom. The van der Waals surface area contributed by atoms with Crippen LogP contribution in [0.4, 0.5) is 0 Å². The van der Waals surface area contributed by atoms with Crippen molar-refractivity contribution in [2.24, 2.45) is 0 Å². The van der Waals surface area contributed by atoms with Gasteiger partial charge in [-0.1, -0.05) is 24.3 Å². The molecule has 0 heterocycles. The number of carbonyl (C=O) groups is 1. The summed E-state index contributed by atoms with van der Waals surface area (Å²) in [7, 11) is -0.458. The minimum Gasteiger partial charge on any atom is -0.492 e. The van der Waals surface area contributed by atoms with Crippen LogP contribution < -0.4 is 10.1 Å². The maximum atomic E-state index is 12.0. The van der Waals surface area contributed by atoms with Gasteiger partial charge >= 0.3 is 0 Å². The largest absolute Gasteiger partial charge is 0.492 e. The van der Waals surface area contributed by atoms with Crippen LogP contribution in [0.3, 0.4) is 0 Å². The summed E-state index contributed by atoms with van der Waals surface area (Å²) in [6, 6.07) is 14.1. The van der Waals surface area contributed by atoms with Gasteiger partial charge in [0.05, 0.1) is 16.0 Å². The van der Waals surface area contributed by atoms with E-state index in [0.717, 1.165) is 15.8 Å². The fourth-order valence-corrected chi connectivity index (χ4v) is 3.56. The van der Waals surface area contributed by atoms with E-state index < -0.39 is 10.0 Å². The maximum Gasteiger partial charge on any atom is 0.242 e. The number of sulfonamides is 1. The van der Waals surface area contributed by atoms with Crippen LogP contribution in [0, 0.1) is 0 Å². The van der Waals surface area contributed by atoms with Gasteiger partial charge in [-0.2, -0.15) is 0 Å². The van der Waals surface area contributed by atoms with Crippen molar-refractivity contribution in [1.29, 1.82) is 0 Å². The van der Waals surface area contributed by atoms with E-state index in [-0.39, 0.29) is 10.8 Å². The molecule has 0 unspecified atom stereocenters. The molecule has 0 saturated carbocycles. The normalized spacial score (nSPS) is 11.4. The molecule has 0 atom stereocenters. The number of hydrogen-bond donors (Lipinski definition) is 1. The van der Waals surface area contributed by atoms with E-state index in [4.69, 9.17) is 4.74 Å². The van der Waals surface area contributed by atoms with Crippen molar-refractivity contribution in [3.8, 4) is 5.75 Å². The van der Waals surface area contributed by atoms with E-state index >= 15 is 0 Å². The predicted molar refractivity (Wildman–Crippen MR) is 108 cm³/mol. The molecule has 0 radical (unpaired) electrons. The summed E-state index contributed by atoms with van der Waals surface area (Å²) >= 11 is 3.41. The number of rotatable bonds is 9. The summed E-state index contributed by atoms with van der Waals surface area (Å²) in [6.07, 6.45) is 0.963. The molecule has 2 aromatic rings. The Bertz CT molecular complexity index is 868. The molecule has 0 aromatic heterocycles. The molecule has 8 heteroatoms. The van der Waals surface area contributed by atoms with E-state index in [1.165, 1.54) is 18.4 Å². The molecule has 0 aliphatic carbocycles. The fourth-order valence-electron chi connectivity index (χ4n) is 2.26. The second-order valence-corrected chi connectivity index (χ2v) is 9.10. The molecule has 1 N–H and O–H groups in total. The molecule has 0 saturated heterocycles. The molecule has 0 bridgehead atoms. The van der Waals surface area contributed by atoms with E-state index in [0.29, 0.717) is 26.0 Å². The van der Waals surface area contributed by atoms with Gasteiger partial charge in [-0.3, -0.25) is 4.79 Å². The second-order valence-electron chi connectivity index (χ2n) is 6.09. The minimum absolute atomic E-state index is 0.0734. The standard InChI is InChI=1S/C19H23BrN2O4S/c1-22(2)27(24,25)16-11-9-15(10-12-16)14-21-19(23)8-5-13-26-18-7-4-3-6-17(18)20/h3-4,6-7,9-12H,5,8,13-14H2,1-2H3,(H,21,23). The second kappa shape index (κ2) is 9.87. The molecule has 1 amide bonds. The predicted octanol–water partition coefficient (Wildman–Crippen LogP) is 3.17. The molecule has 0 fully saturated rings. The van der Waals surface area contributed by atoms with Crippen molar-refractivity contribution in [2.45, 2.75) is 24.3 Å². The number of ether oxygens (including phenoxy) is 1. The fraction of sp³-hybridized carbons (Fsp3) is 0.316. The van der Waals surface area contributed by atoms with E-state index in [9.17, 15) is 13.2 Å². The van der Waals surface area contributed by atoms with Crippen molar-refractivity contribution >= 4 is 31.9 Å². The third-order valence-corrected chi connectivity index (χ3v) is 6.32. The Labute approximate surface area is 168 Å². The maximum absolute atomic E-state index is 12.0. The number of para-hydroxylation sites is 1. The van der Waals surface area contributed by atoms with Gasteiger partial charge in [-0.25, -0.2) is 12.7 Å². The van der Waals surface area contributed by atoms with Crippen LogP contribution >= 0.6 is 15.9 Å². The van der Waals surface area contributed by atoms with Crippen molar-refractivity contribution < 1.29 is 17.9 Å². The lowest BCUT2D eigenvalue weighted by Crippen LogP contribution is -2.23. The van der Waals surface area contributed by atoms with Crippen LogP contribution in [0.2, 0.25) is 0 Å². The van der Waals surface area contributed by atoms with Gasteiger partial charge in [0.25, 0.3) is 0 Å². The third-order valence-electron chi connectivity index (χ3n) is 3.83. The Morgan fingerprint density at radius 1 is 1.11 bits per heavy atom. The number of carbonyl (C=O) groups excluding carboxylic acids is 1. The smallest absolute Gasteiger partial charge is 0.242 e. The Morgan fingerprint density at radius 3 is 2.41 bits per heavy atom. The molecule has 6 nitrogen and oxygen atoms in total.